The van der Waals surface area contributed by atoms with Crippen LogP contribution >= 0.6 is 11.6 Å². The number of esters is 1. The lowest BCUT2D eigenvalue weighted by atomic mass is 10.1. The highest BCUT2D eigenvalue weighted by molar-refractivity contribution is 6.31. The van der Waals surface area contributed by atoms with Crippen molar-refractivity contribution in [1.82, 2.24) is 0 Å². The van der Waals surface area contributed by atoms with Gasteiger partial charge in [0.1, 0.15) is 10.7 Å². The van der Waals surface area contributed by atoms with Crippen LogP contribution in [0.1, 0.15) is 33.3 Å². The highest BCUT2D eigenvalue weighted by Crippen LogP contribution is 2.35. The molecule has 7 heteroatoms. The van der Waals surface area contributed by atoms with Gasteiger partial charge in [-0.3, -0.25) is 4.99 Å². The number of rotatable bonds is 4. The van der Waals surface area contributed by atoms with Crippen LogP contribution in [-0.2, 0) is 9.53 Å². The molecule has 0 spiro atoms. The molecule has 0 saturated carbocycles. The Morgan fingerprint density at radius 1 is 1.27 bits per heavy atom. The van der Waals surface area contributed by atoms with Crippen LogP contribution in [-0.4, -0.2) is 19.3 Å². The summed E-state index contributed by atoms with van der Waals surface area (Å²) in [6.07, 6.45) is 0.978. The van der Waals surface area contributed by atoms with Crippen molar-refractivity contribution in [2.75, 3.05) is 6.61 Å². The first kappa shape index (κ1) is 20.2. The molecule has 22 heavy (non-hydrogen) atoms. The third-order valence-electron chi connectivity index (χ3n) is 2.39. The fourth-order valence-electron chi connectivity index (χ4n) is 1.44. The molecule has 0 heterocycles. The topological polar surface area (TPSA) is 38.7 Å². The molecule has 0 bridgehead atoms. The van der Waals surface area contributed by atoms with E-state index < -0.39 is 39.7 Å². The van der Waals surface area contributed by atoms with E-state index in [-0.39, 0.29) is 12.2 Å². The summed E-state index contributed by atoms with van der Waals surface area (Å²) in [5.74, 6) is -4.94. The van der Waals surface area contributed by atoms with Crippen LogP contribution < -0.4 is 0 Å². The van der Waals surface area contributed by atoms with Gasteiger partial charge in [-0.15, -0.1) is 0 Å². The summed E-state index contributed by atoms with van der Waals surface area (Å²) in [6.45, 7) is 10.1. The summed E-state index contributed by atoms with van der Waals surface area (Å²) >= 11 is 5.34. The first-order valence-corrected chi connectivity index (χ1v) is 6.91. The van der Waals surface area contributed by atoms with E-state index in [9.17, 15) is 18.0 Å². The molecule has 0 aromatic heterocycles. The normalized spacial score (nSPS) is 10.6. The summed E-state index contributed by atoms with van der Waals surface area (Å²) < 4.78 is 45.5. The van der Waals surface area contributed by atoms with Gasteiger partial charge < -0.3 is 4.74 Å². The van der Waals surface area contributed by atoms with Crippen molar-refractivity contribution in [3.63, 3.8) is 0 Å². The number of ether oxygens (including phenoxy) is 1. The maximum Gasteiger partial charge on any atom is 0.333 e. The Morgan fingerprint density at radius 2 is 1.82 bits per heavy atom. The van der Waals surface area contributed by atoms with Gasteiger partial charge in [0.25, 0.3) is 0 Å². The molecule has 0 saturated heterocycles. The van der Waals surface area contributed by atoms with Gasteiger partial charge in [0.05, 0.1) is 6.61 Å². The van der Waals surface area contributed by atoms with Gasteiger partial charge >= 0.3 is 5.97 Å². The summed E-state index contributed by atoms with van der Waals surface area (Å²) in [5.41, 5.74) is -1.14. The van der Waals surface area contributed by atoms with Gasteiger partial charge in [-0.25, -0.2) is 18.0 Å². The first-order valence-electron chi connectivity index (χ1n) is 6.53. The predicted molar refractivity (Wildman–Crippen MR) is 82.2 cm³/mol. The summed E-state index contributed by atoms with van der Waals surface area (Å²) in [5, 5.41) is -1.02. The fraction of sp³-hybridized carbons (Fsp3) is 0.333. The summed E-state index contributed by atoms with van der Waals surface area (Å²) in [6, 6.07) is 0. The fourth-order valence-corrected chi connectivity index (χ4v) is 1.63. The predicted octanol–water partition coefficient (Wildman–Crippen LogP) is 5.08. The number of carbonyl (C=O) groups excluding carboxylic acids is 1. The van der Waals surface area contributed by atoms with E-state index in [1.807, 2.05) is 13.8 Å². The van der Waals surface area contributed by atoms with Crippen LogP contribution in [0.25, 0.3) is 6.08 Å². The monoisotopic (exact) mass is 335 g/mol. The van der Waals surface area contributed by atoms with Crippen molar-refractivity contribution < 1.29 is 22.7 Å². The van der Waals surface area contributed by atoms with Gasteiger partial charge in [0.2, 0.25) is 0 Å². The first-order chi connectivity index (χ1) is 10.3. The van der Waals surface area contributed by atoms with E-state index in [1.54, 1.807) is 6.92 Å². The number of hydrogen-bond acceptors (Lipinski definition) is 3. The number of halogens is 4. The van der Waals surface area contributed by atoms with E-state index in [0.717, 1.165) is 6.08 Å². The lowest BCUT2D eigenvalue weighted by Gasteiger charge is -2.09. The van der Waals surface area contributed by atoms with E-state index in [1.165, 1.54) is 6.92 Å². The van der Waals surface area contributed by atoms with Crippen molar-refractivity contribution in [2.24, 2.45) is 4.99 Å². The van der Waals surface area contributed by atoms with E-state index in [2.05, 4.69) is 11.7 Å². The summed E-state index contributed by atoms with van der Waals surface area (Å²) in [4.78, 5) is 14.7. The second-order valence-electron chi connectivity index (χ2n) is 3.72. The minimum atomic E-state index is -1.56. The van der Waals surface area contributed by atoms with Crippen molar-refractivity contribution in [3.8, 4) is 0 Å². The molecule has 0 amide bonds. The highest BCUT2D eigenvalue weighted by Gasteiger charge is 2.23. The zero-order valence-corrected chi connectivity index (χ0v) is 13.5. The molecule has 0 aliphatic rings. The van der Waals surface area contributed by atoms with E-state index >= 15 is 0 Å². The zero-order chi connectivity index (χ0) is 17.4. The molecular weight excluding hydrogens is 319 g/mol. The molecule has 0 N–H and O–H groups in total. The Labute approximate surface area is 132 Å². The smallest absolute Gasteiger partial charge is 0.333 e. The van der Waals surface area contributed by atoms with Crippen molar-refractivity contribution in [3.05, 3.63) is 33.6 Å². The lowest BCUT2D eigenvalue weighted by Crippen LogP contribution is -2.05. The van der Waals surface area contributed by atoms with Crippen LogP contribution in [0.5, 0.6) is 0 Å². The van der Waals surface area contributed by atoms with Gasteiger partial charge in [0, 0.05) is 11.1 Å². The maximum absolute atomic E-state index is 13.9. The Kier molecular flexibility index (Phi) is 8.48. The van der Waals surface area contributed by atoms with Gasteiger partial charge in [0.15, 0.2) is 17.5 Å². The molecule has 0 aliphatic carbocycles. The third kappa shape index (κ3) is 4.34. The molecule has 0 aliphatic heterocycles. The average molecular weight is 336 g/mol. The molecule has 0 atom stereocenters. The number of hydrogen-bond donors (Lipinski definition) is 0. The molecule has 1 aromatic rings. The molecule has 3 nitrogen and oxygen atoms in total. The largest absolute Gasteiger partial charge is 0.463 e. The molecule has 122 valence electrons. The summed E-state index contributed by atoms with van der Waals surface area (Å²) in [7, 11) is 0. The minimum Gasteiger partial charge on any atom is -0.463 e. The highest BCUT2D eigenvalue weighted by atomic mass is 35.5. The maximum atomic E-state index is 13.9. The zero-order valence-electron chi connectivity index (χ0n) is 12.8. The molecular formula is C15H17ClF3NO2. The Hall–Kier alpha value is -1.82. The minimum absolute atomic E-state index is 0.0160. The Bertz CT molecular complexity index is 601. The number of carbonyl (C=O) groups is 1. The van der Waals surface area contributed by atoms with Gasteiger partial charge in [-0.2, -0.15) is 0 Å². The van der Waals surface area contributed by atoms with Crippen LogP contribution in [0, 0.1) is 17.5 Å². The Balaban J connectivity index is 0.00000211. The second kappa shape index (κ2) is 9.25. The quantitative estimate of drug-likeness (QED) is 0.253. The molecule has 0 radical (unpaired) electrons. The Morgan fingerprint density at radius 3 is 2.27 bits per heavy atom. The van der Waals surface area contributed by atoms with Crippen molar-refractivity contribution in [2.45, 2.75) is 27.7 Å². The molecule has 1 rings (SSSR count). The lowest BCUT2D eigenvalue weighted by molar-refractivity contribution is -0.138. The van der Waals surface area contributed by atoms with Crippen LogP contribution in [0.4, 0.5) is 18.9 Å². The number of aliphatic imine (C=N–C) groups is 1. The van der Waals surface area contributed by atoms with Crippen LogP contribution in [0.3, 0.4) is 0 Å². The average Bonchev–Trinajstić information content (AvgIpc) is 2.53. The van der Waals surface area contributed by atoms with Crippen LogP contribution in [0.15, 0.2) is 10.6 Å². The molecule has 0 fully saturated rings. The van der Waals surface area contributed by atoms with Crippen molar-refractivity contribution >= 4 is 36.1 Å². The third-order valence-corrected chi connectivity index (χ3v) is 2.73. The SMILES string of the molecule is C=Nc1c(F)c(F)c(Cl)c(F)c1/C=C(\C)C(=O)OCC.CC. The standard InChI is InChI=1S/C13H11ClF3NO2.C2H6/c1-4-20-13(19)6(2)5-7-9(15)8(14)10(16)11(17)12(7)18-3;1-2/h5H,3-4H2,1-2H3;1-2H3/b6-5+;. The van der Waals surface area contributed by atoms with Crippen molar-refractivity contribution in [1.29, 1.82) is 0 Å². The molecule has 1 aromatic carbocycles. The van der Waals surface area contributed by atoms with E-state index in [4.69, 9.17) is 16.3 Å². The van der Waals surface area contributed by atoms with Gasteiger partial charge in [-0.1, -0.05) is 25.4 Å². The molecule has 0 unspecified atom stereocenters. The van der Waals surface area contributed by atoms with Gasteiger partial charge in [-0.05, 0) is 26.6 Å². The van der Waals surface area contributed by atoms with Crippen LogP contribution in [0.2, 0.25) is 5.02 Å². The number of nitrogens with zero attached hydrogens (tertiary/aromatic N) is 1. The number of benzene rings is 1. The van der Waals surface area contributed by atoms with E-state index in [0.29, 0.717) is 0 Å². The second-order valence-corrected chi connectivity index (χ2v) is 4.10.